The maximum absolute atomic E-state index is 12.3. The molecule has 4 aliphatic rings. The van der Waals surface area contributed by atoms with Gasteiger partial charge in [0.2, 0.25) is 0 Å². The second-order valence-electron chi connectivity index (χ2n) is 9.61. The Bertz CT molecular complexity index is 603. The number of carbonyl (C=O) groups is 2. The Morgan fingerprint density at radius 1 is 1.04 bits per heavy atom. The molecule has 4 rings (SSSR count). The molecule has 0 bridgehead atoms. The van der Waals surface area contributed by atoms with E-state index in [9.17, 15) is 9.59 Å². The number of hydrogen-bond donors (Lipinski definition) is 0. The Balaban J connectivity index is 1.68. The molecule has 0 saturated heterocycles. The predicted octanol–water partition coefficient (Wildman–Crippen LogP) is 5.11. The van der Waals surface area contributed by atoms with Crippen molar-refractivity contribution >= 4 is 11.6 Å². The zero-order chi connectivity index (χ0) is 17.1. The number of hydrogen-bond acceptors (Lipinski definition) is 2. The van der Waals surface area contributed by atoms with E-state index in [1.807, 2.05) is 13.0 Å². The molecule has 2 heteroatoms. The summed E-state index contributed by atoms with van der Waals surface area (Å²) in [5, 5.41) is 0. The molecule has 0 aliphatic heterocycles. The normalized spacial score (nSPS) is 48.0. The molecule has 0 aromatic heterocycles. The number of Topliss-reactive ketones (excluding diaryl/α,β-unsaturated/α-hetero) is 1. The molecule has 0 radical (unpaired) electrons. The third-order valence-corrected chi connectivity index (χ3v) is 8.69. The predicted molar refractivity (Wildman–Crippen MR) is 95.5 cm³/mol. The maximum Gasteiger partial charge on any atom is 0.155 e. The monoisotopic (exact) mass is 328 g/mol. The molecule has 0 heterocycles. The fraction of sp³-hybridized carbons (Fsp3) is 0.818. The van der Waals surface area contributed by atoms with Gasteiger partial charge >= 0.3 is 0 Å². The van der Waals surface area contributed by atoms with Crippen LogP contribution in [0.1, 0.15) is 78.6 Å². The highest BCUT2D eigenvalue weighted by atomic mass is 16.1. The van der Waals surface area contributed by atoms with E-state index in [2.05, 4.69) is 13.8 Å². The van der Waals surface area contributed by atoms with Gasteiger partial charge in [-0.05, 0) is 86.5 Å². The van der Waals surface area contributed by atoms with E-state index in [4.69, 9.17) is 0 Å². The van der Waals surface area contributed by atoms with E-state index in [1.165, 1.54) is 37.7 Å². The summed E-state index contributed by atoms with van der Waals surface area (Å²) in [7, 11) is 0. The average Bonchev–Trinajstić information content (AvgIpc) is 2.54. The van der Waals surface area contributed by atoms with E-state index in [-0.39, 0.29) is 16.7 Å². The van der Waals surface area contributed by atoms with Gasteiger partial charge in [-0.1, -0.05) is 25.8 Å². The highest BCUT2D eigenvalue weighted by molar-refractivity contribution is 5.91. The standard InChI is InChI=1S/C22H32O2/c1-14(23)18-5-4-6-19-17-8-7-15-13-16(24)9-11-21(15,2)20(17)10-12-22(18,19)3/h13,17-20H,4-12H2,1-3H3. The van der Waals surface area contributed by atoms with Crippen LogP contribution in [0, 0.1) is 34.5 Å². The van der Waals surface area contributed by atoms with E-state index in [0.717, 1.165) is 43.4 Å². The van der Waals surface area contributed by atoms with Crippen LogP contribution in [-0.2, 0) is 9.59 Å². The van der Waals surface area contributed by atoms with E-state index >= 15 is 0 Å². The highest BCUT2D eigenvalue weighted by Crippen LogP contribution is 2.65. The number of allylic oxidation sites excluding steroid dienone is 2. The lowest BCUT2D eigenvalue weighted by Gasteiger charge is -2.61. The third kappa shape index (κ3) is 2.21. The largest absolute Gasteiger partial charge is 0.300 e. The van der Waals surface area contributed by atoms with Gasteiger partial charge in [0, 0.05) is 12.3 Å². The van der Waals surface area contributed by atoms with E-state index in [1.54, 1.807) is 0 Å². The van der Waals surface area contributed by atoms with Crippen LogP contribution in [0.4, 0.5) is 0 Å². The average molecular weight is 328 g/mol. The summed E-state index contributed by atoms with van der Waals surface area (Å²) in [4.78, 5) is 24.2. The Kier molecular flexibility index (Phi) is 3.82. The Hall–Kier alpha value is -0.920. The molecule has 4 aliphatic carbocycles. The van der Waals surface area contributed by atoms with Gasteiger partial charge in [-0.2, -0.15) is 0 Å². The van der Waals surface area contributed by atoms with Crippen molar-refractivity contribution in [2.75, 3.05) is 0 Å². The fourth-order valence-corrected chi connectivity index (χ4v) is 7.42. The zero-order valence-electron chi connectivity index (χ0n) is 15.6. The molecular weight excluding hydrogens is 296 g/mol. The minimum absolute atomic E-state index is 0.229. The van der Waals surface area contributed by atoms with Gasteiger partial charge in [0.15, 0.2) is 5.78 Å². The molecule has 3 saturated carbocycles. The van der Waals surface area contributed by atoms with Crippen molar-refractivity contribution in [3.8, 4) is 0 Å². The van der Waals surface area contributed by atoms with Crippen molar-refractivity contribution in [2.24, 2.45) is 34.5 Å². The molecule has 0 amide bonds. The van der Waals surface area contributed by atoms with Crippen LogP contribution in [0.25, 0.3) is 0 Å². The second kappa shape index (κ2) is 5.54. The summed E-state index contributed by atoms with van der Waals surface area (Å²) < 4.78 is 0. The van der Waals surface area contributed by atoms with Crippen molar-refractivity contribution in [2.45, 2.75) is 78.6 Å². The summed E-state index contributed by atoms with van der Waals surface area (Å²) in [6.45, 7) is 6.69. The van der Waals surface area contributed by atoms with Crippen molar-refractivity contribution in [3.63, 3.8) is 0 Å². The lowest BCUT2D eigenvalue weighted by molar-refractivity contribution is -0.141. The van der Waals surface area contributed by atoms with Crippen LogP contribution in [-0.4, -0.2) is 11.6 Å². The van der Waals surface area contributed by atoms with Gasteiger partial charge in [0.05, 0.1) is 0 Å². The molecule has 0 aromatic rings. The SMILES string of the molecule is CC(=O)C1CCCC2C3CCC4=CC(=O)CCC4(C)C3CCC12C. The lowest BCUT2D eigenvalue weighted by Crippen LogP contribution is -2.55. The van der Waals surface area contributed by atoms with Gasteiger partial charge in [0.1, 0.15) is 5.78 Å². The van der Waals surface area contributed by atoms with Gasteiger partial charge in [0.25, 0.3) is 0 Å². The molecule has 3 fully saturated rings. The number of carbonyl (C=O) groups excluding carboxylic acids is 2. The van der Waals surface area contributed by atoms with Crippen LogP contribution in [0.5, 0.6) is 0 Å². The molecular formula is C22H32O2. The first-order valence-electron chi connectivity index (χ1n) is 10.1. The van der Waals surface area contributed by atoms with Crippen LogP contribution >= 0.6 is 0 Å². The topological polar surface area (TPSA) is 34.1 Å². The number of fused-ring (bicyclic) bond motifs is 5. The Morgan fingerprint density at radius 2 is 1.83 bits per heavy atom. The molecule has 0 N–H and O–H groups in total. The van der Waals surface area contributed by atoms with Crippen molar-refractivity contribution in [1.29, 1.82) is 0 Å². The molecule has 0 spiro atoms. The Labute approximate surface area is 146 Å². The van der Waals surface area contributed by atoms with E-state index < -0.39 is 0 Å². The molecule has 0 aromatic carbocycles. The smallest absolute Gasteiger partial charge is 0.155 e. The van der Waals surface area contributed by atoms with Crippen LogP contribution in [0.15, 0.2) is 11.6 Å². The minimum Gasteiger partial charge on any atom is -0.300 e. The summed E-state index contributed by atoms with van der Waals surface area (Å²) >= 11 is 0. The van der Waals surface area contributed by atoms with E-state index in [0.29, 0.717) is 11.6 Å². The summed E-state index contributed by atoms with van der Waals surface area (Å²) in [6.07, 6.45) is 12.2. The van der Waals surface area contributed by atoms with Crippen molar-refractivity contribution < 1.29 is 9.59 Å². The second-order valence-corrected chi connectivity index (χ2v) is 9.61. The molecule has 6 atom stereocenters. The Morgan fingerprint density at radius 3 is 2.58 bits per heavy atom. The lowest BCUT2D eigenvalue weighted by atomic mass is 9.43. The quantitative estimate of drug-likeness (QED) is 0.670. The first kappa shape index (κ1) is 16.5. The number of rotatable bonds is 1. The first-order chi connectivity index (χ1) is 11.4. The highest BCUT2D eigenvalue weighted by Gasteiger charge is 2.58. The van der Waals surface area contributed by atoms with Gasteiger partial charge < -0.3 is 0 Å². The van der Waals surface area contributed by atoms with Crippen molar-refractivity contribution in [3.05, 3.63) is 11.6 Å². The van der Waals surface area contributed by atoms with Gasteiger partial charge in [-0.25, -0.2) is 0 Å². The number of ketones is 2. The van der Waals surface area contributed by atoms with Gasteiger partial charge in [-0.15, -0.1) is 0 Å². The van der Waals surface area contributed by atoms with Crippen molar-refractivity contribution in [1.82, 2.24) is 0 Å². The summed E-state index contributed by atoms with van der Waals surface area (Å²) in [5.74, 6) is 3.27. The van der Waals surface area contributed by atoms with Crippen LogP contribution < -0.4 is 0 Å². The summed E-state index contributed by atoms with van der Waals surface area (Å²) in [6, 6.07) is 0. The fourth-order valence-electron chi connectivity index (χ4n) is 7.42. The first-order valence-corrected chi connectivity index (χ1v) is 10.1. The van der Waals surface area contributed by atoms with Crippen LogP contribution in [0.2, 0.25) is 0 Å². The molecule has 2 nitrogen and oxygen atoms in total. The molecule has 6 unspecified atom stereocenters. The zero-order valence-corrected chi connectivity index (χ0v) is 15.6. The maximum atomic E-state index is 12.3. The third-order valence-electron chi connectivity index (χ3n) is 8.69. The minimum atomic E-state index is 0.229. The summed E-state index contributed by atoms with van der Waals surface area (Å²) in [5.41, 5.74) is 1.93. The van der Waals surface area contributed by atoms with Gasteiger partial charge in [-0.3, -0.25) is 9.59 Å². The molecule has 24 heavy (non-hydrogen) atoms. The molecule has 132 valence electrons. The van der Waals surface area contributed by atoms with Crippen LogP contribution in [0.3, 0.4) is 0 Å².